The molecule has 0 saturated carbocycles. The number of likely N-dealkylation sites (N-methyl/N-ethyl adjacent to an activating group) is 1. The highest BCUT2D eigenvalue weighted by Gasteiger charge is 2.29. The van der Waals surface area contributed by atoms with Gasteiger partial charge in [0.2, 0.25) is 11.5 Å². The maximum absolute atomic E-state index is 13.3. The number of nitrogens with zero attached hydrogens (tertiary/aromatic N) is 1. The van der Waals surface area contributed by atoms with Gasteiger partial charge in [-0.1, -0.05) is 12.1 Å². The average molecular weight is 445 g/mol. The molecule has 0 radical (unpaired) electrons. The summed E-state index contributed by atoms with van der Waals surface area (Å²) in [6.07, 6.45) is 2.78. The lowest BCUT2D eigenvalue weighted by atomic mass is 10.1. The summed E-state index contributed by atoms with van der Waals surface area (Å²) < 4.78 is 28.4. The lowest BCUT2D eigenvalue weighted by Gasteiger charge is -2.24. The Morgan fingerprint density at radius 1 is 1.09 bits per heavy atom. The van der Waals surface area contributed by atoms with Crippen LogP contribution in [0.5, 0.6) is 28.7 Å². The normalized spacial score (nSPS) is 15.3. The van der Waals surface area contributed by atoms with E-state index in [1.165, 1.54) is 21.3 Å². The SMILES string of the molecule is COc1c(Oc2ccc(CCN)cc2)cc(C(=O)N(C)CC2CCCO2)c(OC)c1OC. The molecule has 1 fully saturated rings. The second-order valence-electron chi connectivity index (χ2n) is 7.63. The van der Waals surface area contributed by atoms with Gasteiger partial charge in [-0.15, -0.1) is 0 Å². The molecule has 1 aliphatic rings. The molecule has 1 aliphatic heterocycles. The predicted molar refractivity (Wildman–Crippen MR) is 121 cm³/mol. The third kappa shape index (κ3) is 5.26. The molecule has 0 aromatic heterocycles. The van der Waals surface area contributed by atoms with Crippen molar-refractivity contribution in [2.24, 2.45) is 5.73 Å². The van der Waals surface area contributed by atoms with E-state index in [0.29, 0.717) is 47.4 Å². The van der Waals surface area contributed by atoms with Crippen LogP contribution in [0.25, 0.3) is 0 Å². The molecule has 2 N–H and O–H groups in total. The number of hydrogen-bond donors (Lipinski definition) is 1. The molecule has 32 heavy (non-hydrogen) atoms. The van der Waals surface area contributed by atoms with Crippen LogP contribution in [0, 0.1) is 0 Å². The number of hydrogen-bond acceptors (Lipinski definition) is 7. The van der Waals surface area contributed by atoms with E-state index >= 15 is 0 Å². The van der Waals surface area contributed by atoms with Gasteiger partial charge in [0.15, 0.2) is 11.5 Å². The number of ether oxygens (including phenoxy) is 5. The highest BCUT2D eigenvalue weighted by molar-refractivity contribution is 5.99. The Bertz CT molecular complexity index is 910. The monoisotopic (exact) mass is 444 g/mol. The van der Waals surface area contributed by atoms with Crippen molar-refractivity contribution < 1.29 is 28.5 Å². The zero-order valence-corrected chi connectivity index (χ0v) is 19.2. The van der Waals surface area contributed by atoms with E-state index in [4.69, 9.17) is 29.4 Å². The molecule has 1 amide bonds. The maximum Gasteiger partial charge on any atom is 0.257 e. The molecule has 2 aromatic carbocycles. The van der Waals surface area contributed by atoms with E-state index in [9.17, 15) is 4.79 Å². The average Bonchev–Trinajstić information content (AvgIpc) is 3.32. The number of methoxy groups -OCH3 is 3. The summed E-state index contributed by atoms with van der Waals surface area (Å²) >= 11 is 0. The fourth-order valence-electron chi connectivity index (χ4n) is 3.82. The molecule has 1 heterocycles. The van der Waals surface area contributed by atoms with Crippen LogP contribution >= 0.6 is 0 Å². The molecule has 0 aliphatic carbocycles. The lowest BCUT2D eigenvalue weighted by molar-refractivity contribution is 0.0584. The largest absolute Gasteiger partial charge is 0.492 e. The number of benzene rings is 2. The smallest absolute Gasteiger partial charge is 0.257 e. The van der Waals surface area contributed by atoms with Gasteiger partial charge in [-0.2, -0.15) is 0 Å². The summed E-state index contributed by atoms with van der Waals surface area (Å²) in [5, 5.41) is 0. The quantitative estimate of drug-likeness (QED) is 0.601. The van der Waals surface area contributed by atoms with Gasteiger partial charge in [0.05, 0.1) is 33.0 Å². The molecule has 2 aromatic rings. The molecular weight excluding hydrogens is 412 g/mol. The number of carbonyl (C=O) groups is 1. The summed E-state index contributed by atoms with van der Waals surface area (Å²) in [6, 6.07) is 9.24. The first-order chi connectivity index (χ1) is 15.5. The van der Waals surface area contributed by atoms with Gasteiger partial charge in [0.25, 0.3) is 5.91 Å². The molecule has 8 nitrogen and oxygen atoms in total. The Morgan fingerprint density at radius 2 is 1.78 bits per heavy atom. The summed E-state index contributed by atoms with van der Waals surface area (Å²) in [6.45, 7) is 1.80. The van der Waals surface area contributed by atoms with Crippen LogP contribution < -0.4 is 24.7 Å². The molecule has 0 bridgehead atoms. The van der Waals surface area contributed by atoms with Crippen LogP contribution in [0.2, 0.25) is 0 Å². The zero-order chi connectivity index (χ0) is 23.1. The molecule has 0 spiro atoms. The van der Waals surface area contributed by atoms with E-state index in [1.54, 1.807) is 18.0 Å². The summed E-state index contributed by atoms with van der Waals surface area (Å²) in [5.74, 6) is 1.66. The minimum absolute atomic E-state index is 0.0397. The number of carbonyl (C=O) groups excluding carboxylic acids is 1. The van der Waals surface area contributed by atoms with Crippen LogP contribution in [0.1, 0.15) is 28.8 Å². The van der Waals surface area contributed by atoms with Crippen molar-refractivity contribution in [1.82, 2.24) is 4.90 Å². The standard InChI is InChI=1S/C24H32N2O6/c1-26(15-18-6-5-13-31-18)24(27)19-14-20(22(29-3)23(30-4)21(19)28-2)32-17-9-7-16(8-10-17)11-12-25/h7-10,14,18H,5-6,11-13,15,25H2,1-4H3. The second kappa shape index (κ2) is 11.1. The van der Waals surface area contributed by atoms with Gasteiger partial charge in [-0.3, -0.25) is 4.79 Å². The first kappa shape index (κ1) is 23.7. The molecule has 174 valence electrons. The molecule has 1 saturated heterocycles. The van der Waals surface area contributed by atoms with Gasteiger partial charge in [0, 0.05) is 26.3 Å². The van der Waals surface area contributed by atoms with Gasteiger partial charge in [0.1, 0.15) is 5.75 Å². The van der Waals surface area contributed by atoms with Gasteiger partial charge < -0.3 is 34.3 Å². The minimum Gasteiger partial charge on any atom is -0.492 e. The lowest BCUT2D eigenvalue weighted by Crippen LogP contribution is -2.34. The number of rotatable bonds is 10. The third-order valence-electron chi connectivity index (χ3n) is 5.43. The van der Waals surface area contributed by atoms with Crippen molar-refractivity contribution in [2.45, 2.75) is 25.4 Å². The van der Waals surface area contributed by atoms with Crippen molar-refractivity contribution in [2.75, 3.05) is 48.1 Å². The van der Waals surface area contributed by atoms with E-state index in [0.717, 1.165) is 31.4 Å². The second-order valence-corrected chi connectivity index (χ2v) is 7.63. The Morgan fingerprint density at radius 3 is 2.34 bits per heavy atom. The van der Waals surface area contributed by atoms with Crippen molar-refractivity contribution in [1.29, 1.82) is 0 Å². The Hall–Kier alpha value is -2.97. The van der Waals surface area contributed by atoms with Crippen LogP contribution in [-0.4, -0.2) is 65.0 Å². The van der Waals surface area contributed by atoms with Gasteiger partial charge in [-0.25, -0.2) is 0 Å². The van der Waals surface area contributed by atoms with Crippen molar-refractivity contribution in [3.05, 3.63) is 41.5 Å². The number of amides is 1. The molecular formula is C24H32N2O6. The highest BCUT2D eigenvalue weighted by Crippen LogP contribution is 2.48. The van der Waals surface area contributed by atoms with Crippen molar-refractivity contribution in [3.63, 3.8) is 0 Å². The van der Waals surface area contributed by atoms with Crippen molar-refractivity contribution in [3.8, 4) is 28.7 Å². The Kier molecular flexibility index (Phi) is 8.19. The van der Waals surface area contributed by atoms with Gasteiger partial charge in [-0.05, 0) is 43.5 Å². The summed E-state index contributed by atoms with van der Waals surface area (Å²) in [5.41, 5.74) is 7.06. The fraction of sp³-hybridized carbons (Fsp3) is 0.458. The first-order valence-electron chi connectivity index (χ1n) is 10.7. The van der Waals surface area contributed by atoms with Crippen molar-refractivity contribution >= 4 is 5.91 Å². The Labute approximate surface area is 189 Å². The van der Waals surface area contributed by atoms with E-state index in [-0.39, 0.29) is 12.0 Å². The predicted octanol–water partition coefficient (Wildman–Crippen LogP) is 3.26. The highest BCUT2D eigenvalue weighted by atomic mass is 16.5. The molecule has 1 unspecified atom stereocenters. The first-order valence-corrected chi connectivity index (χ1v) is 10.7. The number of nitrogens with two attached hydrogens (primary N) is 1. The molecule has 1 atom stereocenters. The minimum atomic E-state index is -0.221. The topological polar surface area (TPSA) is 92.5 Å². The van der Waals surface area contributed by atoms with Crippen LogP contribution in [0.15, 0.2) is 30.3 Å². The van der Waals surface area contributed by atoms with Crippen LogP contribution in [0.3, 0.4) is 0 Å². The van der Waals surface area contributed by atoms with E-state index in [2.05, 4.69) is 0 Å². The summed E-state index contributed by atoms with van der Waals surface area (Å²) in [7, 11) is 6.25. The zero-order valence-electron chi connectivity index (χ0n) is 19.2. The third-order valence-corrected chi connectivity index (χ3v) is 5.43. The Balaban J connectivity index is 1.96. The molecule has 3 rings (SSSR count). The fourth-order valence-corrected chi connectivity index (χ4v) is 3.82. The van der Waals surface area contributed by atoms with E-state index in [1.807, 2.05) is 24.3 Å². The maximum atomic E-state index is 13.3. The van der Waals surface area contributed by atoms with E-state index < -0.39 is 0 Å². The van der Waals surface area contributed by atoms with Crippen LogP contribution in [0.4, 0.5) is 0 Å². The van der Waals surface area contributed by atoms with Gasteiger partial charge >= 0.3 is 0 Å². The summed E-state index contributed by atoms with van der Waals surface area (Å²) in [4.78, 5) is 15.0. The molecule has 8 heteroatoms. The van der Waals surface area contributed by atoms with Crippen LogP contribution in [-0.2, 0) is 11.2 Å².